The van der Waals surface area contributed by atoms with E-state index in [0.29, 0.717) is 6.54 Å². The number of nitriles is 1. The first-order chi connectivity index (χ1) is 9.30. The lowest BCUT2D eigenvalue weighted by molar-refractivity contribution is 0.390. The van der Waals surface area contributed by atoms with E-state index in [0.717, 1.165) is 24.8 Å². The molecule has 0 spiro atoms. The van der Waals surface area contributed by atoms with Gasteiger partial charge in [0.2, 0.25) is 0 Å². The van der Waals surface area contributed by atoms with Crippen LogP contribution >= 0.6 is 0 Å². The molecule has 0 N–H and O–H groups in total. The van der Waals surface area contributed by atoms with Crippen molar-refractivity contribution in [1.82, 2.24) is 14.8 Å². The van der Waals surface area contributed by atoms with Crippen molar-refractivity contribution in [3.63, 3.8) is 0 Å². The zero-order valence-corrected chi connectivity index (χ0v) is 11.2. The molecule has 1 heterocycles. The Balaban J connectivity index is 2.34. The summed E-state index contributed by atoms with van der Waals surface area (Å²) in [6.07, 6.45) is 6.11. The second kappa shape index (κ2) is 6.14. The van der Waals surface area contributed by atoms with Gasteiger partial charge in [-0.1, -0.05) is 50.1 Å². The normalized spacial score (nSPS) is 13.7. The molecule has 98 valence electrons. The number of nitrogens with zero attached hydrogens (tertiary/aromatic N) is 4. The highest BCUT2D eigenvalue weighted by Gasteiger charge is 2.32. The first kappa shape index (κ1) is 13.3. The van der Waals surface area contributed by atoms with Gasteiger partial charge in [0, 0.05) is 0 Å². The molecule has 1 atom stereocenters. The Morgan fingerprint density at radius 1 is 1.32 bits per heavy atom. The molecule has 0 aliphatic heterocycles. The van der Waals surface area contributed by atoms with E-state index in [1.165, 1.54) is 6.33 Å². The Kier molecular flexibility index (Phi) is 4.30. The first-order valence-electron chi connectivity index (χ1n) is 6.60. The number of hydrogen-bond acceptors (Lipinski definition) is 3. The van der Waals surface area contributed by atoms with Crippen molar-refractivity contribution in [2.24, 2.45) is 0 Å². The van der Waals surface area contributed by atoms with Crippen molar-refractivity contribution in [2.45, 2.75) is 38.1 Å². The Labute approximate surface area is 113 Å². The fourth-order valence-corrected chi connectivity index (χ4v) is 2.30. The molecular weight excluding hydrogens is 236 g/mol. The first-order valence-corrected chi connectivity index (χ1v) is 6.60. The average molecular weight is 254 g/mol. The van der Waals surface area contributed by atoms with Crippen LogP contribution in [0.25, 0.3) is 0 Å². The number of rotatable bonds is 6. The van der Waals surface area contributed by atoms with E-state index in [2.05, 4.69) is 23.1 Å². The highest BCUT2D eigenvalue weighted by Crippen LogP contribution is 2.31. The summed E-state index contributed by atoms with van der Waals surface area (Å²) < 4.78 is 1.74. The number of aromatic nitrogens is 3. The van der Waals surface area contributed by atoms with E-state index in [1.54, 1.807) is 11.0 Å². The predicted octanol–water partition coefficient (Wildman–Crippen LogP) is 2.93. The molecule has 1 aromatic carbocycles. The summed E-state index contributed by atoms with van der Waals surface area (Å²) in [5.41, 5.74) is 0.534. The van der Waals surface area contributed by atoms with Crippen molar-refractivity contribution >= 4 is 0 Å². The maximum absolute atomic E-state index is 9.74. The van der Waals surface area contributed by atoms with Crippen molar-refractivity contribution < 1.29 is 0 Å². The predicted molar refractivity (Wildman–Crippen MR) is 73.3 cm³/mol. The quantitative estimate of drug-likeness (QED) is 0.796. The van der Waals surface area contributed by atoms with Crippen LogP contribution < -0.4 is 0 Å². The summed E-state index contributed by atoms with van der Waals surface area (Å²) in [7, 11) is 0. The number of unbranched alkanes of at least 4 members (excludes halogenated alkanes) is 1. The highest BCUT2D eigenvalue weighted by molar-refractivity contribution is 5.32. The van der Waals surface area contributed by atoms with Gasteiger partial charge in [0.05, 0.1) is 12.6 Å². The van der Waals surface area contributed by atoms with Crippen LogP contribution in [-0.2, 0) is 12.0 Å². The van der Waals surface area contributed by atoms with Gasteiger partial charge in [-0.15, -0.1) is 0 Å². The number of hydrogen-bond donors (Lipinski definition) is 0. The maximum atomic E-state index is 9.74. The average Bonchev–Trinajstić information content (AvgIpc) is 2.97. The third-order valence-electron chi connectivity index (χ3n) is 3.40. The maximum Gasteiger partial charge on any atom is 0.137 e. The van der Waals surface area contributed by atoms with Gasteiger partial charge in [0.1, 0.15) is 18.1 Å². The molecule has 0 aliphatic rings. The molecule has 0 amide bonds. The van der Waals surface area contributed by atoms with E-state index < -0.39 is 5.41 Å². The van der Waals surface area contributed by atoms with Gasteiger partial charge in [-0.2, -0.15) is 10.4 Å². The Morgan fingerprint density at radius 2 is 2.11 bits per heavy atom. The molecule has 1 unspecified atom stereocenters. The SMILES string of the molecule is CCCCC(C#N)(Cn1cncn1)c1ccccc1. The fraction of sp³-hybridized carbons (Fsp3) is 0.400. The van der Waals surface area contributed by atoms with Gasteiger partial charge in [-0.25, -0.2) is 4.98 Å². The van der Waals surface area contributed by atoms with Crippen molar-refractivity contribution in [2.75, 3.05) is 0 Å². The van der Waals surface area contributed by atoms with Crippen molar-refractivity contribution in [1.29, 1.82) is 5.26 Å². The molecular formula is C15H18N4. The third kappa shape index (κ3) is 3.00. The summed E-state index contributed by atoms with van der Waals surface area (Å²) in [6, 6.07) is 12.5. The second-order valence-electron chi connectivity index (χ2n) is 4.76. The molecule has 2 aromatic rings. The van der Waals surface area contributed by atoms with E-state index >= 15 is 0 Å². The van der Waals surface area contributed by atoms with Gasteiger partial charge in [0.25, 0.3) is 0 Å². The van der Waals surface area contributed by atoms with E-state index in [9.17, 15) is 5.26 Å². The summed E-state index contributed by atoms with van der Waals surface area (Å²) in [4.78, 5) is 3.96. The molecule has 0 fully saturated rings. The second-order valence-corrected chi connectivity index (χ2v) is 4.76. The lowest BCUT2D eigenvalue weighted by atomic mass is 9.77. The minimum Gasteiger partial charge on any atom is -0.251 e. The van der Waals surface area contributed by atoms with Crippen LogP contribution in [-0.4, -0.2) is 14.8 Å². The zero-order chi connectivity index (χ0) is 13.6. The molecule has 0 aliphatic carbocycles. The molecule has 0 bridgehead atoms. The fourth-order valence-electron chi connectivity index (χ4n) is 2.30. The van der Waals surface area contributed by atoms with Crippen LogP contribution in [0, 0.1) is 11.3 Å². The van der Waals surface area contributed by atoms with Crippen LogP contribution in [0.2, 0.25) is 0 Å². The van der Waals surface area contributed by atoms with Crippen LogP contribution in [0.5, 0.6) is 0 Å². The molecule has 4 heteroatoms. The Morgan fingerprint density at radius 3 is 2.68 bits per heavy atom. The molecule has 4 nitrogen and oxygen atoms in total. The largest absolute Gasteiger partial charge is 0.251 e. The monoisotopic (exact) mass is 254 g/mol. The molecule has 0 saturated carbocycles. The Hall–Kier alpha value is -2.15. The molecule has 0 saturated heterocycles. The van der Waals surface area contributed by atoms with Gasteiger partial charge in [-0.05, 0) is 12.0 Å². The van der Waals surface area contributed by atoms with Crippen LogP contribution in [0.1, 0.15) is 31.7 Å². The summed E-state index contributed by atoms with van der Waals surface area (Å²) in [6.45, 7) is 2.69. The van der Waals surface area contributed by atoms with E-state index in [-0.39, 0.29) is 0 Å². The highest BCUT2D eigenvalue weighted by atomic mass is 15.3. The minimum atomic E-state index is -0.523. The summed E-state index contributed by atoms with van der Waals surface area (Å²) >= 11 is 0. The standard InChI is InChI=1S/C15H18N4/c1-2-3-9-15(10-16,11-19-13-17-12-18-19)14-7-5-4-6-8-14/h4-8,12-13H,2-3,9,11H2,1H3. The number of benzene rings is 1. The Bertz CT molecular complexity index is 527. The van der Waals surface area contributed by atoms with Gasteiger partial charge >= 0.3 is 0 Å². The van der Waals surface area contributed by atoms with Gasteiger partial charge in [0.15, 0.2) is 0 Å². The lowest BCUT2D eigenvalue weighted by Crippen LogP contribution is -2.30. The zero-order valence-electron chi connectivity index (χ0n) is 11.2. The van der Waals surface area contributed by atoms with E-state index in [1.807, 2.05) is 30.3 Å². The van der Waals surface area contributed by atoms with Crippen LogP contribution in [0.4, 0.5) is 0 Å². The minimum absolute atomic E-state index is 0.523. The summed E-state index contributed by atoms with van der Waals surface area (Å²) in [5.74, 6) is 0. The van der Waals surface area contributed by atoms with Crippen molar-refractivity contribution in [3.05, 3.63) is 48.5 Å². The van der Waals surface area contributed by atoms with Crippen LogP contribution in [0.3, 0.4) is 0 Å². The van der Waals surface area contributed by atoms with Crippen molar-refractivity contribution in [3.8, 4) is 6.07 Å². The lowest BCUT2D eigenvalue weighted by Gasteiger charge is -2.26. The molecule has 2 rings (SSSR count). The topological polar surface area (TPSA) is 54.5 Å². The van der Waals surface area contributed by atoms with Gasteiger partial charge < -0.3 is 0 Å². The van der Waals surface area contributed by atoms with Gasteiger partial charge in [-0.3, -0.25) is 4.68 Å². The molecule has 19 heavy (non-hydrogen) atoms. The molecule has 1 aromatic heterocycles. The third-order valence-corrected chi connectivity index (χ3v) is 3.40. The molecule has 0 radical (unpaired) electrons. The smallest absolute Gasteiger partial charge is 0.137 e. The van der Waals surface area contributed by atoms with Crippen LogP contribution in [0.15, 0.2) is 43.0 Å². The summed E-state index contributed by atoms with van der Waals surface area (Å²) in [5, 5.41) is 13.9. The van der Waals surface area contributed by atoms with E-state index in [4.69, 9.17) is 0 Å².